The second-order valence-corrected chi connectivity index (χ2v) is 10.7. The summed E-state index contributed by atoms with van der Waals surface area (Å²) in [6.45, 7) is 7.97. The zero-order valence-corrected chi connectivity index (χ0v) is 19.8. The summed E-state index contributed by atoms with van der Waals surface area (Å²) < 4.78 is 6.31. The van der Waals surface area contributed by atoms with Crippen molar-refractivity contribution in [3.05, 3.63) is 12.7 Å². The molecule has 8 nitrogen and oxygen atoms in total. The lowest BCUT2D eigenvalue weighted by molar-refractivity contribution is -0.154. The fourth-order valence-electron chi connectivity index (χ4n) is 6.97. The number of likely N-dealkylation sites (tertiary alicyclic amines) is 1. The maximum atomic E-state index is 14.3. The Labute approximate surface area is 195 Å². The van der Waals surface area contributed by atoms with Crippen molar-refractivity contribution in [2.24, 2.45) is 17.8 Å². The molecule has 1 spiro atoms. The van der Waals surface area contributed by atoms with Crippen LogP contribution >= 0.6 is 0 Å². The topological polar surface area (TPSA) is 107 Å². The standard InChI is InChI=1S/C25H38N2O6/c1-4-12-26(16-8-6-5-7-9-16)23(30)21-25-11-10-18(33-25)19(24(31)32)20(25)22(29)27(21)17(14-28)13-15(2)3/h4,15-21,28H,1,5-14H2,2-3H3,(H,31,32)/t17-,18-,19+,20+,21?,25?/m1/s1. The summed E-state index contributed by atoms with van der Waals surface area (Å²) in [5.41, 5.74) is -1.14. The summed E-state index contributed by atoms with van der Waals surface area (Å²) in [4.78, 5) is 43.6. The van der Waals surface area contributed by atoms with Crippen LogP contribution in [0.3, 0.4) is 0 Å². The van der Waals surface area contributed by atoms with E-state index in [4.69, 9.17) is 4.74 Å². The number of aliphatic carboxylic acids is 1. The third-order valence-corrected chi connectivity index (χ3v) is 8.23. The highest BCUT2D eigenvalue weighted by atomic mass is 16.5. The fraction of sp³-hybridized carbons (Fsp3) is 0.800. The number of amides is 2. The molecule has 4 aliphatic rings. The summed E-state index contributed by atoms with van der Waals surface area (Å²) in [7, 11) is 0. The first-order valence-electron chi connectivity index (χ1n) is 12.5. The SMILES string of the molecule is C=CCN(C(=O)C1N([C@@H](CO)CC(C)C)C(=O)[C@@H]2[C@@H](C(=O)O)[C@H]3CCC12O3)C1CCCCC1. The number of hydrogen-bond acceptors (Lipinski definition) is 5. The minimum atomic E-state index is -1.14. The van der Waals surface area contributed by atoms with Gasteiger partial charge in [-0.05, 0) is 38.0 Å². The van der Waals surface area contributed by atoms with E-state index in [0.717, 1.165) is 32.1 Å². The molecule has 33 heavy (non-hydrogen) atoms. The number of nitrogens with zero attached hydrogens (tertiary/aromatic N) is 2. The number of rotatable bonds is 9. The lowest BCUT2D eigenvalue weighted by atomic mass is 9.70. The maximum absolute atomic E-state index is 14.3. The Morgan fingerprint density at radius 2 is 1.97 bits per heavy atom. The molecule has 1 saturated carbocycles. The Morgan fingerprint density at radius 1 is 1.27 bits per heavy atom. The van der Waals surface area contributed by atoms with E-state index in [-0.39, 0.29) is 30.4 Å². The van der Waals surface area contributed by atoms with Crippen molar-refractivity contribution in [2.75, 3.05) is 13.2 Å². The summed E-state index contributed by atoms with van der Waals surface area (Å²) in [5, 5.41) is 20.2. The quantitative estimate of drug-likeness (QED) is 0.509. The van der Waals surface area contributed by atoms with Crippen LogP contribution in [0.25, 0.3) is 0 Å². The van der Waals surface area contributed by atoms with Crippen LogP contribution in [0, 0.1) is 17.8 Å². The van der Waals surface area contributed by atoms with E-state index in [0.29, 0.717) is 25.8 Å². The van der Waals surface area contributed by atoms with Gasteiger partial charge >= 0.3 is 5.97 Å². The molecule has 1 aliphatic carbocycles. The maximum Gasteiger partial charge on any atom is 0.310 e. The smallest absolute Gasteiger partial charge is 0.310 e. The third kappa shape index (κ3) is 3.89. The second kappa shape index (κ2) is 9.37. The molecule has 2 amide bonds. The number of fused-ring (bicyclic) bond motifs is 1. The molecule has 0 aromatic rings. The molecule has 8 heteroatoms. The molecular formula is C25H38N2O6. The number of aliphatic hydroxyl groups is 1. The molecule has 2 bridgehead atoms. The van der Waals surface area contributed by atoms with E-state index in [1.54, 1.807) is 6.08 Å². The Morgan fingerprint density at radius 3 is 2.55 bits per heavy atom. The first kappa shape index (κ1) is 24.2. The van der Waals surface area contributed by atoms with Crippen molar-refractivity contribution in [1.29, 1.82) is 0 Å². The van der Waals surface area contributed by atoms with Crippen molar-refractivity contribution in [2.45, 2.75) is 95.0 Å². The number of hydrogen-bond donors (Lipinski definition) is 2. The van der Waals surface area contributed by atoms with Crippen molar-refractivity contribution in [3.8, 4) is 0 Å². The van der Waals surface area contributed by atoms with Gasteiger partial charge in [0, 0.05) is 12.6 Å². The van der Waals surface area contributed by atoms with E-state index < -0.39 is 41.6 Å². The van der Waals surface area contributed by atoms with Gasteiger partial charge in [0.2, 0.25) is 11.8 Å². The largest absolute Gasteiger partial charge is 0.481 e. The predicted molar refractivity (Wildman–Crippen MR) is 121 cm³/mol. The van der Waals surface area contributed by atoms with Crippen LogP contribution in [-0.2, 0) is 19.1 Å². The van der Waals surface area contributed by atoms with Gasteiger partial charge in [0.25, 0.3) is 0 Å². The van der Waals surface area contributed by atoms with Gasteiger partial charge < -0.3 is 24.7 Å². The van der Waals surface area contributed by atoms with Crippen LogP contribution in [0.5, 0.6) is 0 Å². The number of carbonyl (C=O) groups is 3. The molecule has 2 unspecified atom stereocenters. The van der Waals surface area contributed by atoms with Gasteiger partial charge in [0.1, 0.15) is 11.6 Å². The minimum Gasteiger partial charge on any atom is -0.481 e. The highest BCUT2D eigenvalue weighted by Gasteiger charge is 2.75. The van der Waals surface area contributed by atoms with Crippen LogP contribution in [0.4, 0.5) is 0 Å². The van der Waals surface area contributed by atoms with Gasteiger partial charge in [0.15, 0.2) is 0 Å². The van der Waals surface area contributed by atoms with Crippen LogP contribution in [-0.4, -0.2) is 80.8 Å². The van der Waals surface area contributed by atoms with E-state index in [9.17, 15) is 24.6 Å². The molecule has 2 N–H and O–H groups in total. The first-order valence-corrected chi connectivity index (χ1v) is 12.5. The molecule has 3 aliphatic heterocycles. The Bertz CT molecular complexity index is 794. The van der Waals surface area contributed by atoms with Crippen molar-refractivity contribution in [3.63, 3.8) is 0 Å². The van der Waals surface area contributed by atoms with Gasteiger partial charge in [-0.25, -0.2) is 0 Å². The van der Waals surface area contributed by atoms with E-state index in [2.05, 4.69) is 6.58 Å². The third-order valence-electron chi connectivity index (χ3n) is 8.23. The summed E-state index contributed by atoms with van der Waals surface area (Å²) >= 11 is 0. The molecule has 0 aromatic heterocycles. The van der Waals surface area contributed by atoms with Gasteiger partial charge in [-0.1, -0.05) is 39.2 Å². The Hall–Kier alpha value is -1.93. The normalized spacial score (nSPS) is 34.5. The van der Waals surface area contributed by atoms with Crippen molar-refractivity contribution in [1.82, 2.24) is 9.80 Å². The second-order valence-electron chi connectivity index (χ2n) is 10.7. The molecule has 184 valence electrons. The molecule has 3 saturated heterocycles. The molecular weight excluding hydrogens is 424 g/mol. The highest BCUT2D eigenvalue weighted by molar-refractivity contribution is 5.98. The summed E-state index contributed by atoms with van der Waals surface area (Å²) in [6.07, 6.45) is 7.79. The van der Waals surface area contributed by atoms with E-state index >= 15 is 0 Å². The molecule has 3 heterocycles. The fourth-order valence-corrected chi connectivity index (χ4v) is 6.97. The van der Waals surface area contributed by atoms with Crippen molar-refractivity contribution >= 4 is 17.8 Å². The number of ether oxygens (including phenoxy) is 1. The zero-order valence-electron chi connectivity index (χ0n) is 19.8. The molecule has 6 atom stereocenters. The first-order chi connectivity index (χ1) is 15.8. The summed E-state index contributed by atoms with van der Waals surface area (Å²) in [5.74, 6) is -3.24. The number of carbonyl (C=O) groups excluding carboxylic acids is 2. The minimum absolute atomic E-state index is 0.0724. The van der Waals surface area contributed by atoms with E-state index in [1.165, 1.54) is 4.90 Å². The Kier molecular flexibility index (Phi) is 6.87. The molecule has 0 aromatic carbocycles. The zero-order chi connectivity index (χ0) is 23.9. The number of carboxylic acids is 1. The van der Waals surface area contributed by atoms with Gasteiger partial charge in [-0.2, -0.15) is 0 Å². The Balaban J connectivity index is 1.77. The van der Waals surface area contributed by atoms with Crippen molar-refractivity contribution < 1.29 is 29.3 Å². The van der Waals surface area contributed by atoms with Gasteiger partial charge in [-0.3, -0.25) is 14.4 Å². The lowest BCUT2D eigenvalue weighted by Crippen LogP contribution is -2.60. The number of aliphatic hydroxyl groups excluding tert-OH is 1. The molecule has 4 rings (SSSR count). The summed E-state index contributed by atoms with van der Waals surface area (Å²) in [6, 6.07) is -1.40. The highest BCUT2D eigenvalue weighted by Crippen LogP contribution is 2.59. The van der Waals surface area contributed by atoms with Crippen LogP contribution < -0.4 is 0 Å². The van der Waals surface area contributed by atoms with Crippen LogP contribution in [0.2, 0.25) is 0 Å². The van der Waals surface area contributed by atoms with Crippen LogP contribution in [0.15, 0.2) is 12.7 Å². The van der Waals surface area contributed by atoms with Gasteiger partial charge in [-0.15, -0.1) is 6.58 Å². The molecule has 4 fully saturated rings. The lowest BCUT2D eigenvalue weighted by Gasteiger charge is -2.42. The predicted octanol–water partition coefficient (Wildman–Crippen LogP) is 2.20. The monoisotopic (exact) mass is 462 g/mol. The van der Waals surface area contributed by atoms with Crippen LogP contribution in [0.1, 0.15) is 65.2 Å². The van der Waals surface area contributed by atoms with E-state index in [1.807, 2.05) is 18.7 Å². The van der Waals surface area contributed by atoms with Gasteiger partial charge in [0.05, 0.1) is 30.6 Å². The average Bonchev–Trinajstić information content (AvgIpc) is 3.43. The molecule has 0 radical (unpaired) electrons. The average molecular weight is 463 g/mol. The number of carboxylic acid groups (broad SMARTS) is 1.